The second-order valence-electron chi connectivity index (χ2n) is 5.64. The fourth-order valence-corrected chi connectivity index (χ4v) is 2.34. The van der Waals surface area contributed by atoms with E-state index in [1.165, 1.54) is 0 Å². The summed E-state index contributed by atoms with van der Waals surface area (Å²) in [6.07, 6.45) is 5.44. The van der Waals surface area contributed by atoms with Crippen molar-refractivity contribution >= 4 is 22.9 Å². The molecule has 3 aromatic heterocycles. The zero-order chi connectivity index (χ0) is 16.9. The molecule has 2 N–H and O–H groups in total. The quantitative estimate of drug-likeness (QED) is 0.674. The lowest BCUT2D eigenvalue weighted by molar-refractivity contribution is 0.0955. The Morgan fingerprint density at radius 2 is 2.12 bits per heavy atom. The molecule has 0 saturated heterocycles. The van der Waals surface area contributed by atoms with Crippen molar-refractivity contribution in [2.24, 2.45) is 0 Å². The number of nitrogens with zero attached hydrogens (tertiary/aromatic N) is 4. The summed E-state index contributed by atoms with van der Waals surface area (Å²) >= 11 is 0. The molecule has 3 heterocycles. The molecule has 0 saturated carbocycles. The number of carbonyl (C=O) groups is 1. The first-order chi connectivity index (χ1) is 11.6. The van der Waals surface area contributed by atoms with Gasteiger partial charge in [0.25, 0.3) is 5.91 Å². The van der Waals surface area contributed by atoms with Crippen LogP contribution in [0.4, 0.5) is 11.5 Å². The van der Waals surface area contributed by atoms with Gasteiger partial charge in [-0.15, -0.1) is 5.10 Å². The number of fused-ring (bicyclic) bond motifs is 1. The van der Waals surface area contributed by atoms with E-state index in [9.17, 15) is 4.79 Å². The van der Waals surface area contributed by atoms with Crippen LogP contribution in [-0.4, -0.2) is 47.7 Å². The molecular weight excluding hydrogens is 304 g/mol. The predicted molar refractivity (Wildman–Crippen MR) is 94.6 cm³/mol. The lowest BCUT2D eigenvalue weighted by Gasteiger charge is -2.12. The van der Waals surface area contributed by atoms with Crippen molar-refractivity contribution in [3.63, 3.8) is 0 Å². The van der Waals surface area contributed by atoms with Crippen molar-refractivity contribution in [2.45, 2.75) is 0 Å². The summed E-state index contributed by atoms with van der Waals surface area (Å²) in [5.74, 6) is 0.596. The maximum absolute atomic E-state index is 12.2. The highest BCUT2D eigenvalue weighted by atomic mass is 16.1. The number of amides is 1. The van der Waals surface area contributed by atoms with Gasteiger partial charge in [-0.05, 0) is 18.2 Å². The zero-order valence-electron chi connectivity index (χ0n) is 13.7. The van der Waals surface area contributed by atoms with Gasteiger partial charge in [0.15, 0.2) is 5.82 Å². The standard InChI is InChI=1S/C17H20N6O/c1-22(2)15-10-16(21-20-11-15)18-6-7-19-17(24)13-9-14-5-3-4-8-23(14)12-13/h3-5,8-12H,6-7H2,1-2H3,(H,18,21)(H,19,24). The van der Waals surface area contributed by atoms with E-state index in [4.69, 9.17) is 0 Å². The van der Waals surface area contributed by atoms with E-state index in [0.29, 0.717) is 24.5 Å². The van der Waals surface area contributed by atoms with Gasteiger partial charge in [-0.2, -0.15) is 5.10 Å². The van der Waals surface area contributed by atoms with Crippen LogP contribution in [0.25, 0.3) is 5.52 Å². The molecule has 3 rings (SSSR count). The normalized spacial score (nSPS) is 10.6. The maximum Gasteiger partial charge on any atom is 0.252 e. The average molecular weight is 324 g/mol. The number of hydrogen-bond donors (Lipinski definition) is 2. The summed E-state index contributed by atoms with van der Waals surface area (Å²) in [4.78, 5) is 14.1. The molecule has 24 heavy (non-hydrogen) atoms. The Morgan fingerprint density at radius 3 is 2.92 bits per heavy atom. The number of carbonyl (C=O) groups excluding carboxylic acids is 1. The summed E-state index contributed by atoms with van der Waals surface area (Å²) in [6.45, 7) is 1.07. The molecule has 0 aromatic carbocycles. The van der Waals surface area contributed by atoms with Crippen LogP contribution < -0.4 is 15.5 Å². The molecule has 0 bridgehead atoms. The summed E-state index contributed by atoms with van der Waals surface area (Å²) in [5, 5.41) is 14.0. The van der Waals surface area contributed by atoms with Crippen molar-refractivity contribution in [1.82, 2.24) is 19.9 Å². The Labute approximate surface area is 140 Å². The van der Waals surface area contributed by atoms with Gasteiger partial charge in [0, 0.05) is 51.2 Å². The van der Waals surface area contributed by atoms with Crippen LogP contribution in [0.3, 0.4) is 0 Å². The molecule has 3 aromatic rings. The topological polar surface area (TPSA) is 74.6 Å². The molecule has 0 aliphatic carbocycles. The van der Waals surface area contributed by atoms with Crippen LogP contribution in [0.5, 0.6) is 0 Å². The summed E-state index contributed by atoms with van der Waals surface area (Å²) in [5.41, 5.74) is 2.61. The van der Waals surface area contributed by atoms with Crippen LogP contribution in [0.1, 0.15) is 10.4 Å². The highest BCUT2D eigenvalue weighted by Crippen LogP contribution is 2.12. The van der Waals surface area contributed by atoms with E-state index in [2.05, 4.69) is 20.8 Å². The van der Waals surface area contributed by atoms with Gasteiger partial charge < -0.3 is 19.9 Å². The minimum absolute atomic E-state index is 0.0892. The minimum atomic E-state index is -0.0892. The number of hydrogen-bond acceptors (Lipinski definition) is 5. The van der Waals surface area contributed by atoms with Gasteiger partial charge in [0.1, 0.15) is 0 Å². The monoisotopic (exact) mass is 324 g/mol. The average Bonchev–Trinajstić information content (AvgIpc) is 3.03. The number of anilines is 2. The molecule has 7 heteroatoms. The van der Waals surface area contributed by atoms with Crippen molar-refractivity contribution in [2.75, 3.05) is 37.4 Å². The molecule has 124 valence electrons. The summed E-state index contributed by atoms with van der Waals surface area (Å²) in [6, 6.07) is 9.63. The van der Waals surface area contributed by atoms with E-state index in [1.54, 1.807) is 6.20 Å². The molecule has 0 aliphatic heterocycles. The number of nitrogens with one attached hydrogen (secondary N) is 2. The molecule has 0 unspecified atom stereocenters. The lowest BCUT2D eigenvalue weighted by atomic mass is 10.3. The van der Waals surface area contributed by atoms with Crippen molar-refractivity contribution < 1.29 is 4.79 Å². The van der Waals surface area contributed by atoms with Gasteiger partial charge in [-0.3, -0.25) is 4.79 Å². The molecule has 0 atom stereocenters. The first-order valence-corrected chi connectivity index (χ1v) is 7.72. The van der Waals surface area contributed by atoms with E-state index in [-0.39, 0.29) is 5.91 Å². The number of rotatable bonds is 6. The van der Waals surface area contributed by atoms with Crippen LogP contribution in [0.2, 0.25) is 0 Å². The van der Waals surface area contributed by atoms with Gasteiger partial charge in [-0.1, -0.05) is 6.07 Å². The Kier molecular flexibility index (Phi) is 4.60. The first kappa shape index (κ1) is 15.8. The second-order valence-corrected chi connectivity index (χ2v) is 5.64. The highest BCUT2D eigenvalue weighted by Gasteiger charge is 2.07. The Balaban J connectivity index is 1.51. The molecule has 1 amide bonds. The van der Waals surface area contributed by atoms with Crippen molar-refractivity contribution in [3.05, 3.63) is 54.5 Å². The Bertz CT molecular complexity index is 809. The van der Waals surface area contributed by atoms with Gasteiger partial charge in [0.05, 0.1) is 17.4 Å². The molecule has 0 aliphatic rings. The SMILES string of the molecule is CN(C)c1cnnc(NCCNC(=O)c2cc3ccccn3c2)c1. The van der Waals surface area contributed by atoms with E-state index < -0.39 is 0 Å². The van der Waals surface area contributed by atoms with Crippen LogP contribution in [0, 0.1) is 0 Å². The van der Waals surface area contributed by atoms with Crippen LogP contribution in [-0.2, 0) is 0 Å². The second kappa shape index (κ2) is 6.99. The third kappa shape index (κ3) is 3.62. The smallest absolute Gasteiger partial charge is 0.252 e. The van der Waals surface area contributed by atoms with E-state index in [0.717, 1.165) is 11.2 Å². The third-order valence-corrected chi connectivity index (χ3v) is 3.64. The van der Waals surface area contributed by atoms with Gasteiger partial charge in [0.2, 0.25) is 0 Å². The van der Waals surface area contributed by atoms with Crippen LogP contribution in [0.15, 0.2) is 48.9 Å². The van der Waals surface area contributed by atoms with Gasteiger partial charge in [-0.25, -0.2) is 0 Å². The molecule has 0 radical (unpaired) electrons. The summed E-state index contributed by atoms with van der Waals surface area (Å²) < 4.78 is 1.93. The molecular formula is C17H20N6O. The Hall–Kier alpha value is -3.09. The molecule has 0 fully saturated rings. The molecule has 0 spiro atoms. The maximum atomic E-state index is 12.2. The third-order valence-electron chi connectivity index (χ3n) is 3.64. The predicted octanol–water partition coefficient (Wildman–Crippen LogP) is 1.64. The lowest BCUT2D eigenvalue weighted by Crippen LogP contribution is -2.28. The number of pyridine rings is 1. The minimum Gasteiger partial charge on any atom is -0.376 e. The van der Waals surface area contributed by atoms with Crippen molar-refractivity contribution in [3.8, 4) is 0 Å². The van der Waals surface area contributed by atoms with Crippen LogP contribution >= 0.6 is 0 Å². The zero-order valence-corrected chi connectivity index (χ0v) is 13.7. The van der Waals surface area contributed by atoms with E-state index in [1.807, 2.05) is 66.1 Å². The number of aromatic nitrogens is 3. The van der Waals surface area contributed by atoms with Crippen molar-refractivity contribution in [1.29, 1.82) is 0 Å². The fraction of sp³-hybridized carbons (Fsp3) is 0.235. The highest BCUT2D eigenvalue weighted by molar-refractivity contribution is 5.95. The fourth-order valence-electron chi connectivity index (χ4n) is 2.34. The largest absolute Gasteiger partial charge is 0.376 e. The molecule has 7 nitrogen and oxygen atoms in total. The van der Waals surface area contributed by atoms with Gasteiger partial charge >= 0.3 is 0 Å². The Morgan fingerprint density at radius 1 is 1.25 bits per heavy atom. The van der Waals surface area contributed by atoms with E-state index >= 15 is 0 Å². The summed E-state index contributed by atoms with van der Waals surface area (Å²) in [7, 11) is 3.89. The first-order valence-electron chi connectivity index (χ1n) is 7.72.